The van der Waals surface area contributed by atoms with E-state index in [1.54, 1.807) is 11.8 Å². The molecular weight excluding hydrogens is 170 g/mol. The molecule has 0 aromatic carbocycles. The van der Waals surface area contributed by atoms with Crippen molar-refractivity contribution in [2.24, 2.45) is 0 Å². The van der Waals surface area contributed by atoms with Gasteiger partial charge in [-0.25, -0.2) is 0 Å². The third-order valence-electron chi connectivity index (χ3n) is 2.32. The van der Waals surface area contributed by atoms with E-state index in [1.807, 2.05) is 6.92 Å². The second-order valence-electron chi connectivity index (χ2n) is 3.38. The smallest absolute Gasteiger partial charge is 0.251 e. The highest BCUT2D eigenvalue weighted by molar-refractivity contribution is 5.80. The fourth-order valence-electron chi connectivity index (χ4n) is 1.42. The number of nitrogens with zero attached hydrogens (tertiary/aromatic N) is 1. The molecule has 0 aliphatic carbocycles. The highest BCUT2D eigenvalue weighted by Gasteiger charge is 2.27. The van der Waals surface area contributed by atoms with Crippen LogP contribution in [-0.4, -0.2) is 47.8 Å². The normalized spacial score (nSPS) is 25.8. The first-order valence-corrected chi connectivity index (χ1v) is 4.73. The molecule has 0 aromatic heterocycles. The van der Waals surface area contributed by atoms with Crippen LogP contribution in [0.15, 0.2) is 0 Å². The van der Waals surface area contributed by atoms with Gasteiger partial charge in [0, 0.05) is 6.54 Å². The molecular formula is C9H17NO3. The third kappa shape index (κ3) is 2.42. The SMILES string of the molecule is CCC(O)C(=O)N1CCOCC1C. The number of rotatable bonds is 2. The van der Waals surface area contributed by atoms with Gasteiger partial charge in [-0.15, -0.1) is 0 Å². The van der Waals surface area contributed by atoms with Crippen molar-refractivity contribution in [3.8, 4) is 0 Å². The summed E-state index contributed by atoms with van der Waals surface area (Å²) < 4.78 is 5.20. The lowest BCUT2D eigenvalue weighted by molar-refractivity contribution is -0.148. The van der Waals surface area contributed by atoms with E-state index in [-0.39, 0.29) is 11.9 Å². The summed E-state index contributed by atoms with van der Waals surface area (Å²) in [6.07, 6.45) is -0.372. The molecule has 1 rings (SSSR count). The summed E-state index contributed by atoms with van der Waals surface area (Å²) in [4.78, 5) is 13.3. The molecule has 1 heterocycles. The summed E-state index contributed by atoms with van der Waals surface area (Å²) in [5, 5.41) is 9.36. The van der Waals surface area contributed by atoms with Crippen LogP contribution in [0.4, 0.5) is 0 Å². The first-order valence-electron chi connectivity index (χ1n) is 4.73. The number of morpholine rings is 1. The van der Waals surface area contributed by atoms with Gasteiger partial charge in [0.15, 0.2) is 0 Å². The van der Waals surface area contributed by atoms with E-state index in [0.717, 1.165) is 0 Å². The summed E-state index contributed by atoms with van der Waals surface area (Å²) >= 11 is 0. The van der Waals surface area contributed by atoms with E-state index in [2.05, 4.69) is 0 Å². The van der Waals surface area contributed by atoms with Crippen molar-refractivity contribution in [2.75, 3.05) is 19.8 Å². The minimum absolute atomic E-state index is 0.0856. The Hall–Kier alpha value is -0.610. The molecule has 1 N–H and O–H groups in total. The van der Waals surface area contributed by atoms with Gasteiger partial charge in [-0.2, -0.15) is 0 Å². The van der Waals surface area contributed by atoms with Crippen molar-refractivity contribution < 1.29 is 14.6 Å². The number of hydrogen-bond donors (Lipinski definition) is 1. The second-order valence-corrected chi connectivity index (χ2v) is 3.38. The Morgan fingerprint density at radius 2 is 2.46 bits per heavy atom. The summed E-state index contributed by atoms with van der Waals surface area (Å²) in [7, 11) is 0. The largest absolute Gasteiger partial charge is 0.383 e. The molecule has 1 amide bonds. The fraction of sp³-hybridized carbons (Fsp3) is 0.889. The number of aliphatic hydroxyl groups is 1. The molecule has 1 fully saturated rings. The zero-order chi connectivity index (χ0) is 9.84. The van der Waals surface area contributed by atoms with Gasteiger partial charge in [0.25, 0.3) is 5.91 Å². The summed E-state index contributed by atoms with van der Waals surface area (Å²) in [6, 6.07) is 0.0856. The Labute approximate surface area is 78.5 Å². The van der Waals surface area contributed by atoms with Crippen molar-refractivity contribution in [3.63, 3.8) is 0 Å². The molecule has 0 saturated carbocycles. The maximum Gasteiger partial charge on any atom is 0.251 e. The van der Waals surface area contributed by atoms with Gasteiger partial charge < -0.3 is 14.7 Å². The second kappa shape index (κ2) is 4.58. The monoisotopic (exact) mass is 187 g/mol. The predicted octanol–water partition coefficient (Wildman–Crippen LogP) is 0.00460. The number of hydrogen-bond acceptors (Lipinski definition) is 3. The molecule has 0 spiro atoms. The molecule has 1 aliphatic heterocycles. The van der Waals surface area contributed by atoms with Gasteiger partial charge in [-0.3, -0.25) is 4.79 Å². The topological polar surface area (TPSA) is 49.8 Å². The van der Waals surface area contributed by atoms with Gasteiger partial charge in [0.2, 0.25) is 0 Å². The fourth-order valence-corrected chi connectivity index (χ4v) is 1.42. The van der Waals surface area contributed by atoms with Crippen LogP contribution in [0.2, 0.25) is 0 Å². The average molecular weight is 187 g/mol. The van der Waals surface area contributed by atoms with Gasteiger partial charge >= 0.3 is 0 Å². The van der Waals surface area contributed by atoms with Gasteiger partial charge in [0.1, 0.15) is 6.10 Å². The first-order chi connectivity index (χ1) is 6.16. The third-order valence-corrected chi connectivity index (χ3v) is 2.32. The summed E-state index contributed by atoms with van der Waals surface area (Å²) in [6.45, 7) is 5.47. The Kier molecular flexibility index (Phi) is 3.69. The minimum atomic E-state index is -0.847. The molecule has 0 radical (unpaired) electrons. The highest BCUT2D eigenvalue weighted by atomic mass is 16.5. The molecule has 1 aliphatic rings. The molecule has 13 heavy (non-hydrogen) atoms. The maximum atomic E-state index is 11.6. The molecule has 1 saturated heterocycles. The van der Waals surface area contributed by atoms with Gasteiger partial charge in [0.05, 0.1) is 19.3 Å². The van der Waals surface area contributed by atoms with Crippen molar-refractivity contribution in [1.29, 1.82) is 0 Å². The van der Waals surface area contributed by atoms with Gasteiger partial charge in [-0.05, 0) is 13.3 Å². The first kappa shape index (κ1) is 10.5. The molecule has 76 valence electrons. The van der Waals surface area contributed by atoms with Crippen molar-refractivity contribution >= 4 is 5.91 Å². The van der Waals surface area contributed by atoms with Crippen LogP contribution in [0.1, 0.15) is 20.3 Å². The number of amides is 1. The van der Waals surface area contributed by atoms with Crippen LogP contribution in [0.25, 0.3) is 0 Å². The van der Waals surface area contributed by atoms with E-state index in [9.17, 15) is 9.90 Å². The Morgan fingerprint density at radius 1 is 1.77 bits per heavy atom. The lowest BCUT2D eigenvalue weighted by Crippen LogP contribution is -2.50. The quantitative estimate of drug-likeness (QED) is 0.662. The minimum Gasteiger partial charge on any atom is -0.383 e. The van der Waals surface area contributed by atoms with E-state index >= 15 is 0 Å². The number of aliphatic hydroxyl groups excluding tert-OH is 1. The van der Waals surface area contributed by atoms with E-state index < -0.39 is 6.10 Å². The Bertz CT molecular complexity index is 184. The maximum absolute atomic E-state index is 11.6. The molecule has 2 unspecified atom stereocenters. The van der Waals surface area contributed by atoms with Crippen LogP contribution >= 0.6 is 0 Å². The van der Waals surface area contributed by atoms with Crippen LogP contribution in [0.5, 0.6) is 0 Å². The predicted molar refractivity (Wildman–Crippen MR) is 48.3 cm³/mol. The lowest BCUT2D eigenvalue weighted by Gasteiger charge is -2.34. The van der Waals surface area contributed by atoms with Crippen molar-refractivity contribution in [2.45, 2.75) is 32.4 Å². The number of ether oxygens (including phenoxy) is 1. The molecule has 0 bridgehead atoms. The number of carbonyl (C=O) groups excluding carboxylic acids is 1. The van der Waals surface area contributed by atoms with Crippen LogP contribution in [0, 0.1) is 0 Å². The zero-order valence-electron chi connectivity index (χ0n) is 8.19. The molecule has 4 heteroatoms. The number of carbonyl (C=O) groups is 1. The average Bonchev–Trinajstić information content (AvgIpc) is 2.16. The van der Waals surface area contributed by atoms with Crippen LogP contribution < -0.4 is 0 Å². The van der Waals surface area contributed by atoms with E-state index in [0.29, 0.717) is 26.2 Å². The van der Waals surface area contributed by atoms with Crippen molar-refractivity contribution in [1.82, 2.24) is 4.90 Å². The van der Waals surface area contributed by atoms with Crippen LogP contribution in [0.3, 0.4) is 0 Å². The van der Waals surface area contributed by atoms with E-state index in [4.69, 9.17) is 4.74 Å². The Morgan fingerprint density at radius 3 is 3.00 bits per heavy atom. The molecule has 0 aromatic rings. The standard InChI is InChI=1S/C9H17NO3/c1-3-8(11)9(12)10-4-5-13-6-7(10)2/h7-8,11H,3-6H2,1-2H3. The zero-order valence-corrected chi connectivity index (χ0v) is 8.19. The van der Waals surface area contributed by atoms with Gasteiger partial charge in [-0.1, -0.05) is 6.92 Å². The van der Waals surface area contributed by atoms with Crippen molar-refractivity contribution in [3.05, 3.63) is 0 Å². The molecule has 4 nitrogen and oxygen atoms in total. The summed E-state index contributed by atoms with van der Waals surface area (Å²) in [5.41, 5.74) is 0. The Balaban J connectivity index is 2.53. The van der Waals surface area contributed by atoms with Crippen LogP contribution in [-0.2, 0) is 9.53 Å². The lowest BCUT2D eigenvalue weighted by atomic mass is 10.2. The highest BCUT2D eigenvalue weighted by Crippen LogP contribution is 2.09. The molecule has 2 atom stereocenters. The van der Waals surface area contributed by atoms with E-state index in [1.165, 1.54) is 0 Å². The summed E-state index contributed by atoms with van der Waals surface area (Å²) in [5.74, 6) is -0.168.